The Morgan fingerprint density at radius 3 is 2.50 bits per heavy atom. The van der Waals surface area contributed by atoms with Gasteiger partial charge < -0.3 is 10.6 Å². The first-order valence-corrected chi connectivity index (χ1v) is 6.94. The molecule has 2 aromatic rings. The second-order valence-corrected chi connectivity index (χ2v) is 6.12. The smallest absolute Gasteiger partial charge is 0.353 e. The molecule has 8 heteroatoms. The highest BCUT2D eigenvalue weighted by atomic mass is 35.5. The minimum Gasteiger partial charge on any atom is -0.360 e. The van der Waals surface area contributed by atoms with Crippen LogP contribution in [0.1, 0.15) is 20.8 Å². The van der Waals surface area contributed by atoms with Crippen LogP contribution in [-0.2, 0) is 0 Å². The molecule has 0 aliphatic carbocycles. The van der Waals surface area contributed by atoms with Crippen LogP contribution in [0.5, 0.6) is 0 Å². The fourth-order valence-corrected chi connectivity index (χ4v) is 1.98. The average Bonchev–Trinajstić information content (AvgIpc) is 2.36. The van der Waals surface area contributed by atoms with Crippen molar-refractivity contribution in [2.45, 2.75) is 26.3 Å². The van der Waals surface area contributed by atoms with Crippen molar-refractivity contribution in [3.05, 3.63) is 45.7 Å². The highest BCUT2D eigenvalue weighted by molar-refractivity contribution is 6.30. The summed E-state index contributed by atoms with van der Waals surface area (Å²) in [6.45, 7) is 5.68. The molecule has 0 atom stereocenters. The van der Waals surface area contributed by atoms with Crippen molar-refractivity contribution in [2.75, 3.05) is 10.6 Å². The molecule has 0 fully saturated rings. The van der Waals surface area contributed by atoms with E-state index in [-0.39, 0.29) is 22.9 Å². The molecule has 0 amide bonds. The van der Waals surface area contributed by atoms with Gasteiger partial charge in [-0.25, -0.2) is 9.97 Å². The van der Waals surface area contributed by atoms with Gasteiger partial charge in [-0.1, -0.05) is 17.7 Å². The Bertz CT molecular complexity index is 700. The SMILES string of the molecule is CC(C)(C)Nc1ncnc(Nc2cccc(Cl)c2)c1[N+](=O)[O-]. The number of anilines is 3. The Hall–Kier alpha value is -2.41. The fraction of sp³-hybridized carbons (Fsp3) is 0.286. The summed E-state index contributed by atoms with van der Waals surface area (Å²) in [4.78, 5) is 18.8. The number of halogens is 1. The van der Waals surface area contributed by atoms with Crippen LogP contribution >= 0.6 is 11.6 Å². The first-order chi connectivity index (χ1) is 10.3. The molecule has 0 unspecified atom stereocenters. The predicted octanol–water partition coefficient (Wildman–Crippen LogP) is 3.99. The van der Waals surface area contributed by atoms with Crippen LogP contribution in [0, 0.1) is 10.1 Å². The zero-order chi connectivity index (χ0) is 16.3. The molecule has 2 rings (SSSR count). The van der Waals surface area contributed by atoms with Crippen molar-refractivity contribution in [1.82, 2.24) is 9.97 Å². The molecule has 0 saturated carbocycles. The van der Waals surface area contributed by atoms with Crippen LogP contribution in [0.3, 0.4) is 0 Å². The quantitative estimate of drug-likeness (QED) is 0.653. The van der Waals surface area contributed by atoms with Crippen molar-refractivity contribution < 1.29 is 4.92 Å². The maximum atomic E-state index is 11.4. The van der Waals surface area contributed by atoms with Gasteiger partial charge in [-0.3, -0.25) is 10.1 Å². The van der Waals surface area contributed by atoms with Crippen molar-refractivity contribution in [3.63, 3.8) is 0 Å². The molecule has 22 heavy (non-hydrogen) atoms. The first-order valence-electron chi connectivity index (χ1n) is 6.56. The number of hydrogen-bond acceptors (Lipinski definition) is 6. The average molecular weight is 322 g/mol. The van der Waals surface area contributed by atoms with Crippen LogP contribution < -0.4 is 10.6 Å². The van der Waals surface area contributed by atoms with Gasteiger partial charge in [-0.2, -0.15) is 0 Å². The summed E-state index contributed by atoms with van der Waals surface area (Å²) < 4.78 is 0. The minimum absolute atomic E-state index is 0.106. The Balaban J connectivity index is 2.43. The van der Waals surface area contributed by atoms with E-state index >= 15 is 0 Å². The van der Waals surface area contributed by atoms with Crippen LogP contribution in [0.2, 0.25) is 5.02 Å². The van der Waals surface area contributed by atoms with Crippen molar-refractivity contribution in [3.8, 4) is 0 Å². The Morgan fingerprint density at radius 1 is 1.23 bits per heavy atom. The van der Waals surface area contributed by atoms with E-state index in [0.717, 1.165) is 0 Å². The van der Waals surface area contributed by atoms with Crippen LogP contribution in [0.4, 0.5) is 23.0 Å². The van der Waals surface area contributed by atoms with E-state index in [9.17, 15) is 10.1 Å². The molecule has 116 valence electrons. The molecule has 7 nitrogen and oxygen atoms in total. The highest BCUT2D eigenvalue weighted by Gasteiger charge is 2.25. The van der Waals surface area contributed by atoms with Gasteiger partial charge in [-0.15, -0.1) is 0 Å². The van der Waals surface area contributed by atoms with Crippen molar-refractivity contribution in [2.24, 2.45) is 0 Å². The summed E-state index contributed by atoms with van der Waals surface area (Å²) in [7, 11) is 0. The van der Waals surface area contributed by atoms with Crippen LogP contribution in [0.15, 0.2) is 30.6 Å². The summed E-state index contributed by atoms with van der Waals surface area (Å²) in [6.07, 6.45) is 1.27. The number of nitrogens with one attached hydrogen (secondary N) is 2. The molecule has 1 heterocycles. The summed E-state index contributed by atoms with van der Waals surface area (Å²) in [5.74, 6) is 0.269. The maximum Gasteiger partial charge on any atom is 0.353 e. The topological polar surface area (TPSA) is 93.0 Å². The zero-order valence-corrected chi connectivity index (χ0v) is 13.2. The number of nitrogens with zero attached hydrogens (tertiary/aromatic N) is 3. The van der Waals surface area contributed by atoms with Gasteiger partial charge >= 0.3 is 5.69 Å². The molecule has 0 saturated heterocycles. The highest BCUT2D eigenvalue weighted by Crippen LogP contribution is 2.32. The minimum atomic E-state index is -0.513. The van der Waals surface area contributed by atoms with E-state index in [1.807, 2.05) is 20.8 Å². The Kier molecular flexibility index (Phi) is 4.46. The van der Waals surface area contributed by atoms with Crippen LogP contribution in [0.25, 0.3) is 0 Å². The molecule has 0 spiro atoms. The maximum absolute atomic E-state index is 11.4. The number of benzene rings is 1. The van der Waals surface area contributed by atoms with E-state index < -0.39 is 4.92 Å². The summed E-state index contributed by atoms with van der Waals surface area (Å²) in [5, 5.41) is 17.8. The summed E-state index contributed by atoms with van der Waals surface area (Å²) in [5.41, 5.74) is 0.0281. The van der Waals surface area contributed by atoms with E-state index in [1.54, 1.807) is 24.3 Å². The normalized spacial score (nSPS) is 11.1. The predicted molar refractivity (Wildman–Crippen MR) is 86.8 cm³/mol. The number of aromatic nitrogens is 2. The van der Waals surface area contributed by atoms with E-state index in [1.165, 1.54) is 6.33 Å². The number of hydrogen-bond donors (Lipinski definition) is 2. The molecule has 1 aromatic carbocycles. The zero-order valence-electron chi connectivity index (χ0n) is 12.4. The molecule has 0 radical (unpaired) electrons. The molecule has 1 aromatic heterocycles. The lowest BCUT2D eigenvalue weighted by Crippen LogP contribution is -2.27. The fourth-order valence-electron chi connectivity index (χ4n) is 1.79. The lowest BCUT2D eigenvalue weighted by molar-refractivity contribution is -0.383. The summed E-state index contributed by atoms with van der Waals surface area (Å²) in [6, 6.07) is 6.86. The van der Waals surface area contributed by atoms with Gasteiger partial charge in [-0.05, 0) is 39.0 Å². The Morgan fingerprint density at radius 2 is 1.91 bits per heavy atom. The monoisotopic (exact) mass is 321 g/mol. The van der Waals surface area contributed by atoms with Crippen molar-refractivity contribution in [1.29, 1.82) is 0 Å². The van der Waals surface area contributed by atoms with E-state index in [0.29, 0.717) is 10.7 Å². The lowest BCUT2D eigenvalue weighted by atomic mass is 10.1. The molecule has 0 aliphatic rings. The molecule has 0 bridgehead atoms. The van der Waals surface area contributed by atoms with Gasteiger partial charge in [0.05, 0.1) is 4.92 Å². The van der Waals surface area contributed by atoms with Gasteiger partial charge in [0.2, 0.25) is 11.6 Å². The van der Waals surface area contributed by atoms with E-state index in [2.05, 4.69) is 20.6 Å². The van der Waals surface area contributed by atoms with E-state index in [4.69, 9.17) is 11.6 Å². The van der Waals surface area contributed by atoms with Crippen molar-refractivity contribution >= 4 is 34.6 Å². The number of rotatable bonds is 4. The third kappa shape index (κ3) is 4.05. The van der Waals surface area contributed by atoms with Crippen LogP contribution in [-0.4, -0.2) is 20.4 Å². The molecule has 0 aliphatic heterocycles. The molecule has 2 N–H and O–H groups in total. The Labute approximate surface area is 132 Å². The first kappa shape index (κ1) is 16.0. The second-order valence-electron chi connectivity index (χ2n) is 5.69. The lowest BCUT2D eigenvalue weighted by Gasteiger charge is -2.21. The summed E-state index contributed by atoms with van der Waals surface area (Å²) >= 11 is 5.91. The third-order valence-electron chi connectivity index (χ3n) is 2.59. The number of nitro groups is 1. The molecular formula is C14H16ClN5O2. The second kappa shape index (κ2) is 6.15. The van der Waals surface area contributed by atoms with Gasteiger partial charge in [0.1, 0.15) is 6.33 Å². The largest absolute Gasteiger partial charge is 0.360 e. The standard InChI is InChI=1S/C14H16ClN5O2/c1-14(2,3)19-13-11(20(21)22)12(16-8-17-13)18-10-6-4-5-9(15)7-10/h4-8H,1-3H3,(H2,16,17,18,19). The third-order valence-corrected chi connectivity index (χ3v) is 2.82. The molecular weight excluding hydrogens is 306 g/mol. The van der Waals surface area contributed by atoms with Gasteiger partial charge in [0, 0.05) is 16.2 Å². The van der Waals surface area contributed by atoms with Gasteiger partial charge in [0.25, 0.3) is 0 Å². The van der Waals surface area contributed by atoms with Gasteiger partial charge in [0.15, 0.2) is 0 Å².